The van der Waals surface area contributed by atoms with Crippen LogP contribution in [0, 0.1) is 16.0 Å². The summed E-state index contributed by atoms with van der Waals surface area (Å²) in [4.78, 5) is 19.6. The molecule has 0 spiro atoms. The van der Waals surface area contributed by atoms with E-state index >= 15 is 0 Å². The van der Waals surface area contributed by atoms with Crippen LogP contribution in [0.15, 0.2) is 0 Å². The zero-order valence-corrected chi connectivity index (χ0v) is 14.3. The van der Waals surface area contributed by atoms with E-state index in [1.807, 2.05) is 41.5 Å². The Morgan fingerprint density at radius 3 is 2.41 bits per heavy atom. The van der Waals surface area contributed by atoms with E-state index in [1.165, 1.54) is 0 Å². The minimum Gasteiger partial charge on any atom is -0.473 e. The molecule has 1 heterocycles. The molecule has 0 aliphatic carbocycles. The molecular weight excluding hydrogens is 284 g/mol. The van der Waals surface area contributed by atoms with Crippen molar-refractivity contribution in [2.45, 2.75) is 53.4 Å². The van der Waals surface area contributed by atoms with Gasteiger partial charge in [0, 0.05) is 12.0 Å². The molecule has 0 atom stereocenters. The number of hydrogen-bond acceptors (Lipinski definition) is 6. The Morgan fingerprint density at radius 1 is 1.32 bits per heavy atom. The minimum atomic E-state index is -0.486. The number of rotatable bonds is 7. The summed E-state index contributed by atoms with van der Waals surface area (Å²) in [5.74, 6) is 1.13. The molecule has 0 aliphatic rings. The van der Waals surface area contributed by atoms with Crippen molar-refractivity contribution < 1.29 is 9.66 Å². The molecule has 0 saturated heterocycles. The largest absolute Gasteiger partial charge is 0.473 e. The summed E-state index contributed by atoms with van der Waals surface area (Å²) in [6, 6.07) is 0. The summed E-state index contributed by atoms with van der Waals surface area (Å²) in [5, 5.41) is 14.5. The van der Waals surface area contributed by atoms with Crippen molar-refractivity contribution in [2.75, 3.05) is 18.5 Å². The van der Waals surface area contributed by atoms with Gasteiger partial charge in [-0.05, 0) is 12.3 Å². The maximum absolute atomic E-state index is 11.4. The highest BCUT2D eigenvalue weighted by molar-refractivity contribution is 5.62. The van der Waals surface area contributed by atoms with Gasteiger partial charge in [-0.1, -0.05) is 41.5 Å². The number of ether oxygens (including phenoxy) is 1. The molecule has 0 aromatic carbocycles. The van der Waals surface area contributed by atoms with Crippen molar-refractivity contribution in [2.24, 2.45) is 5.92 Å². The molecule has 1 N–H and O–H groups in total. The van der Waals surface area contributed by atoms with Gasteiger partial charge in [0.15, 0.2) is 0 Å². The maximum atomic E-state index is 11.4. The van der Waals surface area contributed by atoms with Crippen LogP contribution >= 0.6 is 0 Å². The molecule has 7 heteroatoms. The van der Waals surface area contributed by atoms with E-state index in [0.29, 0.717) is 24.9 Å². The van der Waals surface area contributed by atoms with Gasteiger partial charge in [0.25, 0.3) is 5.88 Å². The van der Waals surface area contributed by atoms with Crippen LogP contribution in [0.1, 0.15) is 53.8 Å². The molecule has 124 valence electrons. The lowest BCUT2D eigenvalue weighted by Crippen LogP contribution is -2.20. The van der Waals surface area contributed by atoms with Crippen LogP contribution in [-0.2, 0) is 5.41 Å². The fraction of sp³-hybridized carbons (Fsp3) is 0.733. The van der Waals surface area contributed by atoms with Crippen molar-refractivity contribution in [3.8, 4) is 5.88 Å². The average molecular weight is 310 g/mol. The molecule has 0 unspecified atom stereocenters. The predicted octanol–water partition coefficient (Wildman–Crippen LogP) is 3.54. The van der Waals surface area contributed by atoms with Crippen LogP contribution in [-0.4, -0.2) is 28.0 Å². The van der Waals surface area contributed by atoms with E-state index in [2.05, 4.69) is 15.3 Å². The molecule has 0 amide bonds. The number of anilines is 1. The number of nitrogens with zero attached hydrogens (tertiary/aromatic N) is 3. The van der Waals surface area contributed by atoms with Crippen LogP contribution in [0.5, 0.6) is 5.88 Å². The third-order valence-corrected chi connectivity index (χ3v) is 2.83. The van der Waals surface area contributed by atoms with Gasteiger partial charge in [-0.15, -0.1) is 0 Å². The first-order valence-electron chi connectivity index (χ1n) is 7.60. The Hall–Kier alpha value is -1.92. The van der Waals surface area contributed by atoms with E-state index in [0.717, 1.165) is 6.42 Å². The second-order valence-electron chi connectivity index (χ2n) is 6.68. The van der Waals surface area contributed by atoms with Gasteiger partial charge in [-0.3, -0.25) is 10.1 Å². The average Bonchev–Trinajstić information content (AvgIpc) is 2.40. The lowest BCUT2D eigenvalue weighted by atomic mass is 9.95. The van der Waals surface area contributed by atoms with E-state index in [1.54, 1.807) is 0 Å². The van der Waals surface area contributed by atoms with Crippen LogP contribution < -0.4 is 10.1 Å². The predicted molar refractivity (Wildman–Crippen MR) is 86.5 cm³/mol. The highest BCUT2D eigenvalue weighted by Gasteiger charge is 2.30. The molecule has 0 saturated carbocycles. The Labute approximate surface area is 131 Å². The zero-order chi connectivity index (χ0) is 16.9. The van der Waals surface area contributed by atoms with Gasteiger partial charge in [0.05, 0.1) is 11.5 Å². The normalized spacial score (nSPS) is 11.6. The van der Waals surface area contributed by atoms with E-state index in [9.17, 15) is 10.1 Å². The Morgan fingerprint density at radius 2 is 1.95 bits per heavy atom. The van der Waals surface area contributed by atoms with E-state index < -0.39 is 4.92 Å². The lowest BCUT2D eigenvalue weighted by Gasteiger charge is -2.19. The first kappa shape index (κ1) is 18.1. The second kappa shape index (κ2) is 7.38. The van der Waals surface area contributed by atoms with Gasteiger partial charge in [-0.2, -0.15) is 4.98 Å². The van der Waals surface area contributed by atoms with Crippen molar-refractivity contribution >= 4 is 11.5 Å². The van der Waals surface area contributed by atoms with Crippen molar-refractivity contribution in [1.82, 2.24) is 9.97 Å². The summed E-state index contributed by atoms with van der Waals surface area (Å²) in [6.45, 7) is 12.9. The fourth-order valence-corrected chi connectivity index (χ4v) is 1.66. The summed E-state index contributed by atoms with van der Waals surface area (Å²) in [7, 11) is 0. The van der Waals surface area contributed by atoms with Crippen LogP contribution in [0.25, 0.3) is 0 Å². The molecule has 0 fully saturated rings. The number of nitrogens with one attached hydrogen (secondary N) is 1. The molecule has 22 heavy (non-hydrogen) atoms. The van der Waals surface area contributed by atoms with Crippen molar-refractivity contribution in [3.63, 3.8) is 0 Å². The van der Waals surface area contributed by atoms with Crippen molar-refractivity contribution in [1.29, 1.82) is 0 Å². The smallest absolute Gasteiger partial charge is 0.372 e. The van der Waals surface area contributed by atoms with Crippen LogP contribution in [0.4, 0.5) is 11.5 Å². The van der Waals surface area contributed by atoms with Gasteiger partial charge in [0.2, 0.25) is 5.82 Å². The second-order valence-corrected chi connectivity index (χ2v) is 6.68. The number of nitro groups is 1. The summed E-state index contributed by atoms with van der Waals surface area (Å²) >= 11 is 0. The minimum absolute atomic E-state index is 0.0398. The van der Waals surface area contributed by atoms with Gasteiger partial charge in [0.1, 0.15) is 5.82 Å². The molecule has 0 aliphatic heterocycles. The van der Waals surface area contributed by atoms with Crippen LogP contribution in [0.2, 0.25) is 0 Å². The Kier molecular flexibility index (Phi) is 6.08. The fourth-order valence-electron chi connectivity index (χ4n) is 1.66. The highest BCUT2D eigenvalue weighted by atomic mass is 16.6. The third-order valence-electron chi connectivity index (χ3n) is 2.83. The summed E-state index contributed by atoms with van der Waals surface area (Å²) in [5.41, 5.74) is -0.518. The van der Waals surface area contributed by atoms with Crippen molar-refractivity contribution in [3.05, 3.63) is 15.9 Å². The maximum Gasteiger partial charge on any atom is 0.372 e. The van der Waals surface area contributed by atoms with E-state index in [-0.39, 0.29) is 22.8 Å². The SMILES string of the molecule is CCCOc1nc(C(C)(C)C)nc(NCC(C)C)c1[N+](=O)[O-]. The molecule has 0 bridgehead atoms. The lowest BCUT2D eigenvalue weighted by molar-refractivity contribution is -0.385. The standard InChI is InChI=1S/C15H26N4O3/c1-7-8-22-13-11(19(20)21)12(16-9-10(2)3)17-14(18-13)15(4,5)6/h10H,7-9H2,1-6H3,(H,16,17,18). The Bertz CT molecular complexity index is 524. The molecule has 1 aromatic rings. The topological polar surface area (TPSA) is 90.2 Å². The number of aromatic nitrogens is 2. The third kappa shape index (κ3) is 4.82. The first-order valence-corrected chi connectivity index (χ1v) is 7.60. The van der Waals surface area contributed by atoms with Gasteiger partial charge in [-0.25, -0.2) is 4.98 Å². The van der Waals surface area contributed by atoms with Gasteiger partial charge >= 0.3 is 5.69 Å². The Balaban J connectivity index is 3.37. The van der Waals surface area contributed by atoms with Gasteiger partial charge < -0.3 is 10.1 Å². The summed E-state index contributed by atoms with van der Waals surface area (Å²) in [6.07, 6.45) is 0.751. The molecule has 0 radical (unpaired) electrons. The summed E-state index contributed by atoms with van der Waals surface area (Å²) < 4.78 is 5.50. The molecular formula is C15H26N4O3. The molecule has 7 nitrogen and oxygen atoms in total. The first-order chi connectivity index (χ1) is 10.2. The highest BCUT2D eigenvalue weighted by Crippen LogP contribution is 2.34. The monoisotopic (exact) mass is 310 g/mol. The zero-order valence-electron chi connectivity index (χ0n) is 14.3. The molecule has 1 rings (SSSR count). The van der Waals surface area contributed by atoms with Crippen LogP contribution in [0.3, 0.4) is 0 Å². The quantitative estimate of drug-likeness (QED) is 0.612. The van der Waals surface area contributed by atoms with E-state index in [4.69, 9.17) is 4.74 Å². The number of hydrogen-bond donors (Lipinski definition) is 1. The molecule has 1 aromatic heterocycles.